The molecule has 1 amide bonds. The summed E-state index contributed by atoms with van der Waals surface area (Å²) in [6, 6.07) is 5.71. The van der Waals surface area contributed by atoms with Crippen LogP contribution in [0, 0.1) is 5.41 Å². The van der Waals surface area contributed by atoms with Crippen molar-refractivity contribution in [3.8, 4) is 0 Å². The fourth-order valence-corrected chi connectivity index (χ4v) is 2.98. The summed E-state index contributed by atoms with van der Waals surface area (Å²) in [7, 11) is 0. The highest BCUT2D eigenvalue weighted by molar-refractivity contribution is 6.01. The van der Waals surface area contributed by atoms with E-state index in [1.807, 2.05) is 18.2 Å². The van der Waals surface area contributed by atoms with Gasteiger partial charge in [-0.1, -0.05) is 18.2 Å². The topological polar surface area (TPSA) is 81.7 Å². The molecule has 6 heteroatoms. The Bertz CT molecular complexity index is 635. The number of hydrogen-bond donors (Lipinski definition) is 1. The Balaban J connectivity index is 2.28. The second-order valence-corrected chi connectivity index (χ2v) is 5.89. The molecule has 0 spiro atoms. The highest BCUT2D eigenvalue weighted by Crippen LogP contribution is 2.39. The van der Waals surface area contributed by atoms with Gasteiger partial charge in [0.1, 0.15) is 0 Å². The predicted molar refractivity (Wildman–Crippen MR) is 87.1 cm³/mol. The van der Waals surface area contributed by atoms with E-state index in [0.29, 0.717) is 6.54 Å². The molecule has 1 aromatic rings. The normalized spacial score (nSPS) is 14.6. The summed E-state index contributed by atoms with van der Waals surface area (Å²) in [6.07, 6.45) is 0.536. The first-order chi connectivity index (χ1) is 11.4. The monoisotopic (exact) mass is 333 g/mol. The summed E-state index contributed by atoms with van der Waals surface area (Å²) in [5, 5.41) is 2.74. The van der Waals surface area contributed by atoms with E-state index in [9.17, 15) is 14.4 Å². The molecule has 0 heterocycles. The Hall–Kier alpha value is -2.37. The maximum Gasteiger partial charge on any atom is 0.324 e. The van der Waals surface area contributed by atoms with E-state index < -0.39 is 17.4 Å². The molecular weight excluding hydrogens is 310 g/mol. The summed E-state index contributed by atoms with van der Waals surface area (Å²) in [6.45, 7) is 5.72. The smallest absolute Gasteiger partial charge is 0.324 e. The van der Waals surface area contributed by atoms with Crippen LogP contribution in [-0.4, -0.2) is 31.1 Å². The van der Waals surface area contributed by atoms with Gasteiger partial charge in [-0.15, -0.1) is 0 Å². The van der Waals surface area contributed by atoms with E-state index in [1.54, 1.807) is 13.8 Å². The van der Waals surface area contributed by atoms with Crippen molar-refractivity contribution in [2.75, 3.05) is 13.2 Å². The third-order valence-corrected chi connectivity index (χ3v) is 4.13. The first-order valence-corrected chi connectivity index (χ1v) is 8.12. The Labute approximate surface area is 141 Å². The third-order valence-electron chi connectivity index (χ3n) is 4.13. The number of rotatable bonds is 6. The molecule has 0 fully saturated rings. The summed E-state index contributed by atoms with van der Waals surface area (Å²) in [5.74, 6) is -1.19. The number of carbonyl (C=O) groups is 3. The van der Waals surface area contributed by atoms with Crippen molar-refractivity contribution in [2.24, 2.45) is 5.41 Å². The van der Waals surface area contributed by atoms with Crippen LogP contribution in [0.25, 0.3) is 0 Å². The van der Waals surface area contributed by atoms with Gasteiger partial charge in [-0.3, -0.25) is 14.4 Å². The lowest BCUT2D eigenvalue weighted by Gasteiger charge is -2.23. The number of esters is 2. The molecule has 24 heavy (non-hydrogen) atoms. The van der Waals surface area contributed by atoms with Crippen molar-refractivity contribution in [3.05, 3.63) is 34.9 Å². The van der Waals surface area contributed by atoms with Gasteiger partial charge in [-0.2, -0.15) is 0 Å². The largest absolute Gasteiger partial charge is 0.465 e. The van der Waals surface area contributed by atoms with Gasteiger partial charge in [0.25, 0.3) is 0 Å². The molecule has 0 unspecified atom stereocenters. The third kappa shape index (κ3) is 3.58. The maximum absolute atomic E-state index is 12.5. The number of ether oxygens (including phenoxy) is 2. The van der Waals surface area contributed by atoms with E-state index in [-0.39, 0.29) is 32.0 Å². The van der Waals surface area contributed by atoms with Gasteiger partial charge >= 0.3 is 11.9 Å². The average molecular weight is 333 g/mol. The highest BCUT2D eigenvalue weighted by atomic mass is 16.6. The van der Waals surface area contributed by atoms with Crippen LogP contribution in [0.1, 0.15) is 37.5 Å². The van der Waals surface area contributed by atoms with Gasteiger partial charge in [-0.25, -0.2) is 0 Å². The average Bonchev–Trinajstić information content (AvgIpc) is 2.93. The number of hydrogen-bond acceptors (Lipinski definition) is 5. The Morgan fingerprint density at radius 3 is 2.17 bits per heavy atom. The molecule has 0 aliphatic heterocycles. The van der Waals surface area contributed by atoms with E-state index in [0.717, 1.165) is 16.7 Å². The van der Waals surface area contributed by atoms with E-state index in [2.05, 4.69) is 5.32 Å². The van der Waals surface area contributed by atoms with E-state index in [1.165, 1.54) is 6.92 Å². The summed E-state index contributed by atoms with van der Waals surface area (Å²) < 4.78 is 10.3. The second-order valence-electron chi connectivity index (χ2n) is 5.89. The van der Waals surface area contributed by atoms with Gasteiger partial charge in [0, 0.05) is 13.5 Å². The van der Waals surface area contributed by atoms with Crippen LogP contribution in [0.5, 0.6) is 0 Å². The van der Waals surface area contributed by atoms with Crippen LogP contribution in [0.3, 0.4) is 0 Å². The van der Waals surface area contributed by atoms with Crippen LogP contribution in [0.15, 0.2) is 18.2 Å². The minimum absolute atomic E-state index is 0.108. The molecule has 0 atom stereocenters. The highest BCUT2D eigenvalue weighted by Gasteiger charge is 2.52. The molecular formula is C18H23NO5. The number of carbonyl (C=O) groups excluding carboxylic acids is 3. The summed E-state index contributed by atoms with van der Waals surface area (Å²) in [4.78, 5) is 36.0. The molecule has 2 rings (SSSR count). The van der Waals surface area contributed by atoms with Crippen molar-refractivity contribution in [2.45, 2.75) is 40.2 Å². The van der Waals surface area contributed by atoms with Crippen molar-refractivity contribution >= 4 is 17.8 Å². The Kier molecular flexibility index (Phi) is 5.59. The molecule has 1 N–H and O–H groups in total. The van der Waals surface area contributed by atoms with Crippen LogP contribution in [-0.2, 0) is 43.2 Å². The second kappa shape index (κ2) is 7.47. The molecule has 1 aliphatic rings. The molecule has 6 nitrogen and oxygen atoms in total. The quantitative estimate of drug-likeness (QED) is 0.631. The van der Waals surface area contributed by atoms with E-state index in [4.69, 9.17) is 9.47 Å². The lowest BCUT2D eigenvalue weighted by molar-refractivity contribution is -0.171. The zero-order valence-electron chi connectivity index (χ0n) is 14.3. The van der Waals surface area contributed by atoms with Crippen LogP contribution >= 0.6 is 0 Å². The number of amides is 1. The molecule has 1 aliphatic carbocycles. The fourth-order valence-electron chi connectivity index (χ4n) is 2.98. The summed E-state index contributed by atoms with van der Waals surface area (Å²) >= 11 is 0. The molecule has 0 saturated carbocycles. The van der Waals surface area contributed by atoms with Crippen LogP contribution < -0.4 is 5.32 Å². The minimum atomic E-state index is -1.30. The lowest BCUT2D eigenvalue weighted by atomic mass is 9.84. The van der Waals surface area contributed by atoms with Crippen LogP contribution in [0.4, 0.5) is 0 Å². The first-order valence-electron chi connectivity index (χ1n) is 8.12. The Morgan fingerprint density at radius 1 is 1.04 bits per heavy atom. The molecule has 0 saturated heterocycles. The van der Waals surface area contributed by atoms with Gasteiger partial charge < -0.3 is 14.8 Å². The minimum Gasteiger partial charge on any atom is -0.465 e. The molecule has 0 bridgehead atoms. The zero-order chi connectivity index (χ0) is 17.7. The van der Waals surface area contributed by atoms with Gasteiger partial charge in [0.15, 0.2) is 5.41 Å². The maximum atomic E-state index is 12.5. The van der Waals surface area contributed by atoms with Crippen molar-refractivity contribution in [3.63, 3.8) is 0 Å². The summed E-state index contributed by atoms with van der Waals surface area (Å²) in [5.41, 5.74) is 1.47. The lowest BCUT2D eigenvalue weighted by Crippen LogP contribution is -2.43. The van der Waals surface area contributed by atoms with Crippen molar-refractivity contribution in [1.29, 1.82) is 0 Å². The first kappa shape index (κ1) is 18.0. The number of benzene rings is 1. The Morgan fingerprint density at radius 2 is 1.62 bits per heavy atom. The van der Waals surface area contributed by atoms with Gasteiger partial charge in [0.2, 0.25) is 5.91 Å². The molecule has 0 radical (unpaired) electrons. The number of fused-ring (bicyclic) bond motifs is 1. The fraction of sp³-hybridized carbons (Fsp3) is 0.500. The van der Waals surface area contributed by atoms with Crippen LogP contribution in [0.2, 0.25) is 0 Å². The van der Waals surface area contributed by atoms with Crippen molar-refractivity contribution < 1.29 is 23.9 Å². The number of nitrogens with one attached hydrogen (secondary N) is 1. The molecule has 1 aromatic carbocycles. The zero-order valence-corrected chi connectivity index (χ0v) is 14.3. The predicted octanol–water partition coefficient (Wildman–Crippen LogP) is 1.53. The SMILES string of the molecule is CCOC(=O)C1(C(=O)OCC)Cc2ccc(CNC(C)=O)cc2C1. The van der Waals surface area contributed by atoms with E-state index >= 15 is 0 Å². The molecule has 130 valence electrons. The van der Waals surface area contributed by atoms with Crippen molar-refractivity contribution in [1.82, 2.24) is 5.32 Å². The molecule has 0 aromatic heterocycles. The van der Waals surface area contributed by atoms with Gasteiger partial charge in [-0.05, 0) is 43.4 Å². The van der Waals surface area contributed by atoms with Gasteiger partial charge in [0.05, 0.1) is 13.2 Å². The standard InChI is InChI=1S/C18H23NO5/c1-4-23-16(21)18(17(22)24-5-2)9-14-7-6-13(8-15(14)10-18)11-19-12(3)20/h6-8H,4-5,9-11H2,1-3H3,(H,19,20).